The van der Waals surface area contributed by atoms with E-state index in [1.54, 1.807) is 0 Å². The van der Waals surface area contributed by atoms with Crippen LogP contribution in [-0.4, -0.2) is 51.8 Å². The topological polar surface area (TPSA) is 91.2 Å². The third kappa shape index (κ3) is 5.80. The molecule has 1 aliphatic carbocycles. The van der Waals surface area contributed by atoms with Crippen molar-refractivity contribution in [3.8, 4) is 0 Å². The second-order valence-electron chi connectivity index (χ2n) is 7.47. The average molecular weight is 423 g/mol. The molecule has 2 fully saturated rings. The summed E-state index contributed by atoms with van der Waals surface area (Å²) >= 11 is 0. The summed E-state index contributed by atoms with van der Waals surface area (Å²) in [6.07, 6.45) is 4.42. The van der Waals surface area contributed by atoms with Gasteiger partial charge in [0, 0.05) is 38.2 Å². The first-order valence-electron chi connectivity index (χ1n) is 9.81. The van der Waals surface area contributed by atoms with Crippen LogP contribution in [0.1, 0.15) is 19.3 Å². The summed E-state index contributed by atoms with van der Waals surface area (Å²) in [5.74, 6) is 1.35. The van der Waals surface area contributed by atoms with Crippen molar-refractivity contribution < 1.29 is 23.1 Å². The molecule has 4 rings (SSSR count). The number of hydrogen-bond acceptors (Lipinski definition) is 6. The number of aromatic nitrogens is 3. The lowest BCUT2D eigenvalue weighted by atomic mass is 9.74. The summed E-state index contributed by atoms with van der Waals surface area (Å²) in [7, 11) is 0. The number of hydrogen-bond donors (Lipinski definition) is 2. The zero-order chi connectivity index (χ0) is 21.6. The first kappa shape index (κ1) is 21.8. The maximum atomic E-state index is 10.6. The summed E-state index contributed by atoms with van der Waals surface area (Å²) in [4.78, 5) is 24.5. The van der Waals surface area contributed by atoms with E-state index in [2.05, 4.69) is 25.2 Å². The van der Waals surface area contributed by atoms with E-state index in [1.807, 2.05) is 42.9 Å². The van der Waals surface area contributed by atoms with E-state index < -0.39 is 12.1 Å². The molecule has 0 aromatic carbocycles. The molecule has 0 unspecified atom stereocenters. The zero-order valence-corrected chi connectivity index (χ0v) is 16.3. The van der Waals surface area contributed by atoms with E-state index in [0.717, 1.165) is 43.2 Å². The Morgan fingerprint density at radius 2 is 1.80 bits per heavy atom. The maximum absolute atomic E-state index is 10.6. The predicted molar refractivity (Wildman–Crippen MR) is 105 cm³/mol. The first-order valence-corrected chi connectivity index (χ1v) is 9.81. The van der Waals surface area contributed by atoms with Crippen LogP contribution < -0.4 is 10.2 Å². The Morgan fingerprint density at radius 1 is 1.10 bits per heavy atom. The van der Waals surface area contributed by atoms with Gasteiger partial charge in [-0.15, -0.1) is 0 Å². The minimum atomic E-state index is -5.08. The normalized spacial score (nSPS) is 23.2. The molecule has 10 heteroatoms. The van der Waals surface area contributed by atoms with Gasteiger partial charge in [0.05, 0.1) is 0 Å². The van der Waals surface area contributed by atoms with Gasteiger partial charge in [0.15, 0.2) is 0 Å². The Balaban J connectivity index is 0.000000318. The van der Waals surface area contributed by atoms with Gasteiger partial charge in [-0.25, -0.2) is 19.7 Å². The van der Waals surface area contributed by atoms with E-state index in [9.17, 15) is 13.2 Å². The summed E-state index contributed by atoms with van der Waals surface area (Å²) in [5.41, 5.74) is 0. The molecule has 0 radical (unpaired) electrons. The molecule has 2 aromatic rings. The van der Waals surface area contributed by atoms with Crippen LogP contribution in [0.15, 0.2) is 42.9 Å². The number of rotatable bonds is 4. The predicted octanol–water partition coefficient (Wildman–Crippen LogP) is 3.47. The van der Waals surface area contributed by atoms with Gasteiger partial charge < -0.3 is 15.3 Å². The number of pyridine rings is 1. The molecule has 2 aliphatic rings. The van der Waals surface area contributed by atoms with Gasteiger partial charge in [0.2, 0.25) is 5.95 Å². The molecule has 1 saturated heterocycles. The fraction of sp³-hybridized carbons (Fsp3) is 0.500. The highest BCUT2D eigenvalue weighted by Crippen LogP contribution is 2.40. The molecule has 0 spiro atoms. The van der Waals surface area contributed by atoms with E-state index in [4.69, 9.17) is 9.90 Å². The Bertz CT molecular complexity index is 807. The summed E-state index contributed by atoms with van der Waals surface area (Å²) in [5, 5.41) is 10.6. The van der Waals surface area contributed by atoms with Crippen molar-refractivity contribution >= 4 is 17.7 Å². The molecule has 1 aliphatic heterocycles. The van der Waals surface area contributed by atoms with Gasteiger partial charge >= 0.3 is 12.1 Å². The number of carboxylic acid groups (broad SMARTS) is 1. The highest BCUT2D eigenvalue weighted by atomic mass is 19.4. The number of carboxylic acids is 1. The van der Waals surface area contributed by atoms with Crippen LogP contribution in [0.2, 0.25) is 0 Å². The van der Waals surface area contributed by atoms with Crippen molar-refractivity contribution in [3.05, 3.63) is 42.9 Å². The number of carbonyl (C=O) groups is 1. The van der Waals surface area contributed by atoms with Gasteiger partial charge in [-0.2, -0.15) is 13.2 Å². The van der Waals surface area contributed by atoms with Crippen LogP contribution in [0.4, 0.5) is 24.9 Å². The van der Waals surface area contributed by atoms with Crippen molar-refractivity contribution in [1.29, 1.82) is 0 Å². The van der Waals surface area contributed by atoms with Gasteiger partial charge in [0.25, 0.3) is 0 Å². The minimum Gasteiger partial charge on any atom is -0.475 e. The number of anilines is 2. The lowest BCUT2D eigenvalue weighted by molar-refractivity contribution is -0.192. The fourth-order valence-electron chi connectivity index (χ4n) is 4.17. The van der Waals surface area contributed by atoms with E-state index in [0.29, 0.717) is 5.92 Å². The highest BCUT2D eigenvalue weighted by Gasteiger charge is 2.40. The van der Waals surface area contributed by atoms with Crippen LogP contribution in [-0.2, 0) is 4.79 Å². The molecule has 0 amide bonds. The number of aliphatic carboxylic acids is 1. The number of alkyl halides is 3. The van der Waals surface area contributed by atoms with E-state index >= 15 is 0 Å². The first-order chi connectivity index (χ1) is 14.3. The standard InChI is InChI=1S/C18H23N5.C2HF3O2/c1-2-8-19-17(7-1)22-11-14-5-3-6-15-12-23(13-16(14)15)18-20-9-4-10-21-18;3-2(4,5)1(6)7/h1-2,4,7-10,14-16H,3,5-6,11-13H2,(H,19,22);(H,6,7)/t14-,15+,16+;/m0./s1. The van der Waals surface area contributed by atoms with Gasteiger partial charge in [-0.05, 0) is 48.8 Å². The third-order valence-electron chi connectivity index (χ3n) is 5.53. The molecule has 7 nitrogen and oxygen atoms in total. The van der Waals surface area contributed by atoms with Crippen LogP contribution in [0, 0.1) is 17.8 Å². The molecule has 30 heavy (non-hydrogen) atoms. The van der Waals surface area contributed by atoms with E-state index in [-0.39, 0.29) is 0 Å². The number of nitrogens with one attached hydrogen (secondary N) is 1. The lowest BCUT2D eigenvalue weighted by Crippen LogP contribution is -2.32. The van der Waals surface area contributed by atoms with Crippen LogP contribution in [0.25, 0.3) is 0 Å². The molecular weight excluding hydrogens is 399 g/mol. The van der Waals surface area contributed by atoms with Crippen molar-refractivity contribution in [1.82, 2.24) is 15.0 Å². The zero-order valence-electron chi connectivity index (χ0n) is 16.3. The Kier molecular flexibility index (Phi) is 7.07. The molecule has 0 bridgehead atoms. The monoisotopic (exact) mass is 423 g/mol. The highest BCUT2D eigenvalue weighted by molar-refractivity contribution is 5.73. The smallest absolute Gasteiger partial charge is 0.475 e. The molecular formula is C20H24F3N5O2. The minimum absolute atomic E-state index is 0.712. The number of nitrogens with zero attached hydrogens (tertiary/aromatic N) is 4. The van der Waals surface area contributed by atoms with E-state index in [1.165, 1.54) is 19.3 Å². The van der Waals surface area contributed by atoms with Crippen LogP contribution >= 0.6 is 0 Å². The number of fused-ring (bicyclic) bond motifs is 1. The van der Waals surface area contributed by atoms with Crippen molar-refractivity contribution in [2.75, 3.05) is 29.9 Å². The summed E-state index contributed by atoms with van der Waals surface area (Å²) in [6, 6.07) is 7.91. The summed E-state index contributed by atoms with van der Waals surface area (Å²) in [6.45, 7) is 3.21. The molecule has 1 saturated carbocycles. The molecule has 3 atom stereocenters. The summed E-state index contributed by atoms with van der Waals surface area (Å²) < 4.78 is 31.7. The molecule has 3 heterocycles. The van der Waals surface area contributed by atoms with Crippen molar-refractivity contribution in [2.45, 2.75) is 25.4 Å². The third-order valence-corrected chi connectivity index (χ3v) is 5.53. The van der Waals surface area contributed by atoms with Crippen LogP contribution in [0.5, 0.6) is 0 Å². The second-order valence-corrected chi connectivity index (χ2v) is 7.47. The van der Waals surface area contributed by atoms with Gasteiger partial charge in [0.1, 0.15) is 5.82 Å². The Hall–Kier alpha value is -2.91. The Morgan fingerprint density at radius 3 is 2.43 bits per heavy atom. The second kappa shape index (κ2) is 9.73. The molecule has 2 N–H and O–H groups in total. The largest absolute Gasteiger partial charge is 0.490 e. The SMILES string of the molecule is O=C(O)C(F)(F)F.c1ccc(NC[C@@H]2CCC[C@@H]3CN(c4ncccn4)C[C@@H]32)nc1. The van der Waals surface area contributed by atoms with Crippen LogP contribution in [0.3, 0.4) is 0 Å². The molecule has 162 valence electrons. The van der Waals surface area contributed by atoms with Crippen molar-refractivity contribution in [2.24, 2.45) is 17.8 Å². The van der Waals surface area contributed by atoms with Gasteiger partial charge in [-0.3, -0.25) is 0 Å². The maximum Gasteiger partial charge on any atom is 0.490 e. The lowest BCUT2D eigenvalue weighted by Gasteiger charge is -2.33. The Labute approximate surface area is 172 Å². The van der Waals surface area contributed by atoms with Gasteiger partial charge in [-0.1, -0.05) is 12.5 Å². The average Bonchev–Trinajstić information content (AvgIpc) is 3.18. The fourth-order valence-corrected chi connectivity index (χ4v) is 4.17. The number of halogens is 3. The molecule has 2 aromatic heterocycles. The quantitative estimate of drug-likeness (QED) is 0.778. The van der Waals surface area contributed by atoms with Crippen molar-refractivity contribution in [3.63, 3.8) is 0 Å².